The predicted molar refractivity (Wildman–Crippen MR) is 237 cm³/mol. The summed E-state index contributed by atoms with van der Waals surface area (Å²) in [4.78, 5) is 11.6. The van der Waals surface area contributed by atoms with Gasteiger partial charge in [0.25, 0.3) is 0 Å². The molecule has 2 heterocycles. The monoisotopic (exact) mass is 734 g/mol. The van der Waals surface area contributed by atoms with E-state index in [9.17, 15) is 0 Å². The molecule has 266 valence electrons. The van der Waals surface area contributed by atoms with Crippen LogP contribution >= 0.6 is 11.3 Å². The Morgan fingerprint density at radius 2 is 1.18 bits per heavy atom. The van der Waals surface area contributed by atoms with Gasteiger partial charge in [-0.2, -0.15) is 0 Å². The number of benzene rings is 7. The maximum atomic E-state index is 5.19. The van der Waals surface area contributed by atoms with Gasteiger partial charge in [-0.15, -0.1) is 11.3 Å². The first-order valence-corrected chi connectivity index (χ1v) is 20.4. The van der Waals surface area contributed by atoms with E-state index in [0.29, 0.717) is 0 Å². The van der Waals surface area contributed by atoms with Crippen LogP contribution in [-0.2, 0) is 11.8 Å². The number of hydrogen-bond donors (Lipinski definition) is 0. The van der Waals surface area contributed by atoms with Gasteiger partial charge in [-0.3, -0.25) is 0 Å². The summed E-state index contributed by atoms with van der Waals surface area (Å²) in [6.07, 6.45) is 6.61. The SMILES string of the molecule is CC1(C)c2cc(-c3ccc(-c4ccc(-c5nc(-c6ccccc6)nc6c7c(sc56)C=CCC7)cc4)cc3)ccc2-c2c(-c3ccccc3)cc3ccccc3c21. The topological polar surface area (TPSA) is 25.8 Å². The molecular formula is C53H38N2S. The highest BCUT2D eigenvalue weighted by Crippen LogP contribution is 2.55. The van der Waals surface area contributed by atoms with Gasteiger partial charge in [-0.25, -0.2) is 9.97 Å². The maximum Gasteiger partial charge on any atom is 0.160 e. The largest absolute Gasteiger partial charge is 0.227 e. The van der Waals surface area contributed by atoms with E-state index in [2.05, 4.69) is 178 Å². The molecule has 56 heavy (non-hydrogen) atoms. The summed E-state index contributed by atoms with van der Waals surface area (Å²) in [5.41, 5.74) is 18.4. The summed E-state index contributed by atoms with van der Waals surface area (Å²) >= 11 is 1.82. The lowest BCUT2D eigenvalue weighted by Crippen LogP contribution is -2.15. The summed E-state index contributed by atoms with van der Waals surface area (Å²) in [6, 6.07) is 57.6. The Morgan fingerprint density at radius 1 is 0.554 bits per heavy atom. The van der Waals surface area contributed by atoms with Crippen LogP contribution in [0.25, 0.3) is 94.2 Å². The molecule has 0 aliphatic heterocycles. The summed E-state index contributed by atoms with van der Waals surface area (Å²) < 4.78 is 1.17. The quantitative estimate of drug-likeness (QED) is 0.176. The van der Waals surface area contributed by atoms with Crippen LogP contribution in [0.2, 0.25) is 0 Å². The van der Waals surface area contributed by atoms with Gasteiger partial charge < -0.3 is 0 Å². The summed E-state index contributed by atoms with van der Waals surface area (Å²) in [5.74, 6) is 0.784. The average molecular weight is 735 g/mol. The number of aromatic nitrogens is 2. The number of rotatable bonds is 5. The smallest absolute Gasteiger partial charge is 0.160 e. The second-order valence-electron chi connectivity index (χ2n) is 15.6. The van der Waals surface area contributed by atoms with Gasteiger partial charge in [0, 0.05) is 21.4 Å². The van der Waals surface area contributed by atoms with E-state index in [1.807, 2.05) is 17.4 Å². The molecule has 0 radical (unpaired) electrons. The van der Waals surface area contributed by atoms with Crippen molar-refractivity contribution in [2.45, 2.75) is 32.1 Å². The second kappa shape index (κ2) is 12.8. The van der Waals surface area contributed by atoms with Crippen LogP contribution in [0.1, 0.15) is 41.8 Å². The van der Waals surface area contributed by atoms with Crippen molar-refractivity contribution in [3.8, 4) is 67.2 Å². The molecule has 7 aromatic carbocycles. The predicted octanol–water partition coefficient (Wildman–Crippen LogP) is 14.4. The first-order valence-electron chi connectivity index (χ1n) is 19.5. The Labute approximate surface area is 331 Å². The third-order valence-electron chi connectivity index (χ3n) is 12.0. The van der Waals surface area contributed by atoms with Crippen molar-refractivity contribution in [3.05, 3.63) is 185 Å². The first kappa shape index (κ1) is 33.0. The van der Waals surface area contributed by atoms with Crippen LogP contribution < -0.4 is 0 Å². The van der Waals surface area contributed by atoms with E-state index in [-0.39, 0.29) is 5.41 Å². The minimum Gasteiger partial charge on any atom is -0.227 e. The minimum absolute atomic E-state index is 0.150. The van der Waals surface area contributed by atoms with Crippen molar-refractivity contribution < 1.29 is 0 Å². The number of aryl methyl sites for hydroxylation is 1. The zero-order chi connectivity index (χ0) is 37.4. The van der Waals surface area contributed by atoms with Gasteiger partial charge in [-0.05, 0) is 103 Å². The molecule has 0 atom stereocenters. The Hall–Kier alpha value is -6.42. The fraction of sp³-hybridized carbons (Fsp3) is 0.0943. The van der Waals surface area contributed by atoms with Gasteiger partial charge >= 0.3 is 0 Å². The van der Waals surface area contributed by atoms with Crippen LogP contribution in [0.15, 0.2) is 164 Å². The van der Waals surface area contributed by atoms with Crippen LogP contribution in [0.5, 0.6) is 0 Å². The van der Waals surface area contributed by atoms with Crippen molar-refractivity contribution in [1.29, 1.82) is 0 Å². The molecule has 0 saturated heterocycles. The molecule has 0 bridgehead atoms. The number of allylic oxidation sites excluding steroid dienone is 1. The Kier molecular flexibility index (Phi) is 7.55. The molecule has 3 heteroatoms. The van der Waals surface area contributed by atoms with E-state index in [4.69, 9.17) is 9.97 Å². The zero-order valence-corrected chi connectivity index (χ0v) is 32.2. The highest BCUT2D eigenvalue weighted by atomic mass is 32.1. The number of fused-ring (bicyclic) bond motifs is 8. The lowest BCUT2D eigenvalue weighted by atomic mass is 9.79. The third-order valence-corrected chi connectivity index (χ3v) is 13.1. The van der Waals surface area contributed by atoms with E-state index in [1.54, 1.807) is 0 Å². The van der Waals surface area contributed by atoms with E-state index < -0.39 is 0 Å². The van der Waals surface area contributed by atoms with Crippen LogP contribution in [0, 0.1) is 0 Å². The highest BCUT2D eigenvalue weighted by Gasteiger charge is 2.39. The third kappa shape index (κ3) is 5.22. The van der Waals surface area contributed by atoms with Crippen molar-refractivity contribution in [1.82, 2.24) is 9.97 Å². The molecular weight excluding hydrogens is 697 g/mol. The molecule has 0 saturated carbocycles. The van der Waals surface area contributed by atoms with Gasteiger partial charge in [-0.1, -0.05) is 166 Å². The molecule has 2 aliphatic rings. The van der Waals surface area contributed by atoms with Crippen LogP contribution in [0.3, 0.4) is 0 Å². The fourth-order valence-electron chi connectivity index (χ4n) is 9.14. The molecule has 9 aromatic rings. The van der Waals surface area contributed by atoms with Gasteiger partial charge in [0.05, 0.1) is 15.9 Å². The van der Waals surface area contributed by atoms with Gasteiger partial charge in [0.2, 0.25) is 0 Å². The van der Waals surface area contributed by atoms with Crippen LogP contribution in [-0.4, -0.2) is 9.97 Å². The summed E-state index contributed by atoms with van der Waals surface area (Å²) in [6.45, 7) is 4.79. The first-order chi connectivity index (χ1) is 27.5. The Bertz CT molecular complexity index is 3010. The lowest BCUT2D eigenvalue weighted by Gasteiger charge is -2.24. The standard InChI is InChI=1S/C53H38N2S/c1-53(2)45-32-39(29-30-42(45)47-44(36-13-5-3-6-14-36)31-40-17-9-10-18-41(40)48(47)53)35-23-21-33(22-24-35)34-25-27-37(28-26-34)49-51-50(43-19-11-12-20-46(43)56-51)55-52(54-49)38-15-7-4-8-16-38/h3-10,12-18,20-32H,11,19H2,1-2H3. The molecule has 0 N–H and O–H groups in total. The minimum atomic E-state index is -0.150. The van der Waals surface area contributed by atoms with E-state index in [1.165, 1.54) is 81.5 Å². The average Bonchev–Trinajstić information content (AvgIpc) is 3.75. The normalized spacial score (nSPS) is 13.8. The molecule has 0 amide bonds. The molecule has 0 fully saturated rings. The lowest BCUT2D eigenvalue weighted by molar-refractivity contribution is 0.666. The van der Waals surface area contributed by atoms with Crippen molar-refractivity contribution in [3.63, 3.8) is 0 Å². The van der Waals surface area contributed by atoms with E-state index in [0.717, 1.165) is 41.0 Å². The molecule has 11 rings (SSSR count). The van der Waals surface area contributed by atoms with Crippen molar-refractivity contribution >= 4 is 38.4 Å². The maximum absolute atomic E-state index is 5.19. The zero-order valence-electron chi connectivity index (χ0n) is 31.4. The van der Waals surface area contributed by atoms with Gasteiger partial charge in [0.15, 0.2) is 5.82 Å². The number of thiophene rings is 1. The van der Waals surface area contributed by atoms with Crippen molar-refractivity contribution in [2.24, 2.45) is 0 Å². The molecule has 2 aromatic heterocycles. The van der Waals surface area contributed by atoms with E-state index >= 15 is 0 Å². The fourth-order valence-corrected chi connectivity index (χ4v) is 10.4. The molecule has 0 spiro atoms. The van der Waals surface area contributed by atoms with Gasteiger partial charge in [0.1, 0.15) is 0 Å². The summed E-state index contributed by atoms with van der Waals surface area (Å²) in [5, 5.41) is 2.63. The molecule has 0 unspecified atom stereocenters. The van der Waals surface area contributed by atoms with Crippen LogP contribution in [0.4, 0.5) is 0 Å². The van der Waals surface area contributed by atoms with Crippen molar-refractivity contribution in [2.75, 3.05) is 0 Å². The second-order valence-corrected chi connectivity index (χ2v) is 16.7. The Morgan fingerprint density at radius 3 is 1.91 bits per heavy atom. The number of nitrogens with zero attached hydrogens (tertiary/aromatic N) is 2. The Balaban J connectivity index is 0.938. The number of hydrogen-bond acceptors (Lipinski definition) is 3. The molecule has 2 nitrogen and oxygen atoms in total. The molecule has 2 aliphatic carbocycles. The summed E-state index contributed by atoms with van der Waals surface area (Å²) in [7, 11) is 0. The highest BCUT2D eigenvalue weighted by molar-refractivity contribution is 7.20.